The number of hydrogen-bond acceptors (Lipinski definition) is 3. The smallest absolute Gasteiger partial charge is 0.261 e. The summed E-state index contributed by atoms with van der Waals surface area (Å²) in [5.74, 6) is 0.282. The third kappa shape index (κ3) is 8.26. The van der Waals surface area contributed by atoms with E-state index in [4.69, 9.17) is 4.74 Å². The van der Waals surface area contributed by atoms with Gasteiger partial charge < -0.3 is 15.0 Å². The lowest BCUT2D eigenvalue weighted by atomic mass is 10.0. The maximum Gasteiger partial charge on any atom is 0.261 e. The summed E-state index contributed by atoms with van der Waals surface area (Å²) in [4.78, 5) is 28.7. The summed E-state index contributed by atoms with van der Waals surface area (Å²) in [6.45, 7) is 7.00. The molecule has 0 aromatic heterocycles. The van der Waals surface area contributed by atoms with Gasteiger partial charge in [0.15, 0.2) is 6.61 Å². The Morgan fingerprint density at radius 2 is 1.53 bits per heavy atom. The van der Waals surface area contributed by atoms with Crippen LogP contribution in [-0.2, 0) is 29.0 Å². The summed E-state index contributed by atoms with van der Waals surface area (Å²) in [7, 11) is 0. The van der Waals surface area contributed by atoms with E-state index in [1.54, 1.807) is 4.90 Å². The van der Waals surface area contributed by atoms with Crippen LogP contribution in [0, 0.1) is 6.92 Å². The van der Waals surface area contributed by atoms with Crippen molar-refractivity contribution in [2.24, 2.45) is 0 Å². The number of carbonyl (C=O) groups is 2. The van der Waals surface area contributed by atoms with Crippen molar-refractivity contribution in [2.45, 2.75) is 59.0 Å². The number of nitrogens with one attached hydrogen (secondary N) is 1. The molecule has 0 spiro atoms. The lowest BCUT2D eigenvalue weighted by Gasteiger charge is -2.31. The van der Waals surface area contributed by atoms with Crippen molar-refractivity contribution in [1.29, 1.82) is 0 Å². The van der Waals surface area contributed by atoms with Gasteiger partial charge in [-0.25, -0.2) is 0 Å². The van der Waals surface area contributed by atoms with E-state index in [0.717, 1.165) is 36.0 Å². The van der Waals surface area contributed by atoms with Crippen LogP contribution >= 0.6 is 0 Å². The largest absolute Gasteiger partial charge is 0.484 e. The van der Waals surface area contributed by atoms with Crippen LogP contribution in [0.15, 0.2) is 78.9 Å². The number of benzene rings is 3. The summed E-state index contributed by atoms with van der Waals surface area (Å²) in [5.41, 5.74) is 4.33. The molecule has 0 aliphatic heterocycles. The quantitative estimate of drug-likeness (QED) is 0.325. The first-order valence-electron chi connectivity index (χ1n) is 12.9. The average molecular weight is 487 g/mol. The Kier molecular flexibility index (Phi) is 10.6. The van der Waals surface area contributed by atoms with Crippen LogP contribution in [0.25, 0.3) is 0 Å². The van der Waals surface area contributed by atoms with Gasteiger partial charge in [0.05, 0.1) is 0 Å². The van der Waals surface area contributed by atoms with Gasteiger partial charge in [0.2, 0.25) is 5.91 Å². The van der Waals surface area contributed by atoms with Crippen molar-refractivity contribution in [3.05, 3.63) is 101 Å². The summed E-state index contributed by atoms with van der Waals surface area (Å²) in [6.07, 6.45) is 3.26. The van der Waals surface area contributed by atoms with E-state index in [1.807, 2.05) is 85.8 Å². The van der Waals surface area contributed by atoms with Crippen molar-refractivity contribution in [2.75, 3.05) is 13.2 Å². The zero-order valence-electron chi connectivity index (χ0n) is 21.7. The second kappa shape index (κ2) is 14.1. The van der Waals surface area contributed by atoms with Crippen molar-refractivity contribution >= 4 is 11.8 Å². The van der Waals surface area contributed by atoms with Crippen molar-refractivity contribution in [1.82, 2.24) is 10.2 Å². The lowest BCUT2D eigenvalue weighted by Crippen LogP contribution is -2.51. The Morgan fingerprint density at radius 1 is 0.861 bits per heavy atom. The molecule has 190 valence electrons. The fourth-order valence-corrected chi connectivity index (χ4v) is 4.00. The molecule has 0 radical (unpaired) electrons. The molecule has 36 heavy (non-hydrogen) atoms. The minimum atomic E-state index is -0.649. The Bertz CT molecular complexity index is 1080. The first-order chi connectivity index (χ1) is 17.5. The van der Waals surface area contributed by atoms with E-state index in [2.05, 4.69) is 19.2 Å². The van der Waals surface area contributed by atoms with Gasteiger partial charge >= 0.3 is 0 Å². The van der Waals surface area contributed by atoms with E-state index in [-0.39, 0.29) is 18.4 Å². The molecule has 2 amide bonds. The molecule has 1 N–H and O–H groups in total. The van der Waals surface area contributed by atoms with Crippen molar-refractivity contribution < 1.29 is 14.3 Å². The SMILES string of the molecule is CCCCNC(=O)C(Cc1ccccc1)N(Cc1ccc(C)cc1)C(=O)COc1ccc(CC)cc1. The van der Waals surface area contributed by atoms with Crippen LogP contribution in [0.1, 0.15) is 48.9 Å². The van der Waals surface area contributed by atoms with Gasteiger partial charge in [0.1, 0.15) is 11.8 Å². The summed E-state index contributed by atoms with van der Waals surface area (Å²) in [5, 5.41) is 3.05. The second-order valence-corrected chi connectivity index (χ2v) is 9.14. The minimum Gasteiger partial charge on any atom is -0.484 e. The van der Waals surface area contributed by atoms with Crippen LogP contribution in [0.5, 0.6) is 5.75 Å². The second-order valence-electron chi connectivity index (χ2n) is 9.14. The van der Waals surface area contributed by atoms with E-state index in [9.17, 15) is 9.59 Å². The zero-order chi connectivity index (χ0) is 25.8. The van der Waals surface area contributed by atoms with E-state index < -0.39 is 6.04 Å². The van der Waals surface area contributed by atoms with Gasteiger partial charge in [-0.05, 0) is 48.6 Å². The molecule has 1 atom stereocenters. The number of hydrogen-bond donors (Lipinski definition) is 1. The molecule has 0 aliphatic rings. The van der Waals surface area contributed by atoms with Gasteiger partial charge in [-0.3, -0.25) is 9.59 Å². The Labute approximate surface area is 215 Å². The third-order valence-corrected chi connectivity index (χ3v) is 6.27. The standard InChI is InChI=1S/C31H38N2O3/c1-4-6-20-32-31(35)29(21-26-10-8-7-9-11-26)33(22-27-14-12-24(3)13-15-27)30(34)23-36-28-18-16-25(5-2)17-19-28/h7-19,29H,4-6,20-23H2,1-3H3,(H,32,35). The maximum absolute atomic E-state index is 13.6. The molecule has 0 saturated heterocycles. The Hall–Kier alpha value is -3.60. The molecule has 0 heterocycles. The molecule has 3 aromatic rings. The highest BCUT2D eigenvalue weighted by molar-refractivity contribution is 5.88. The maximum atomic E-state index is 13.6. The topological polar surface area (TPSA) is 58.6 Å². The number of rotatable bonds is 13. The molecule has 5 heteroatoms. The van der Waals surface area contributed by atoms with Gasteiger partial charge in [0.25, 0.3) is 5.91 Å². The number of amides is 2. The predicted octanol–water partition coefficient (Wildman–Crippen LogP) is 5.49. The van der Waals surface area contributed by atoms with Crippen LogP contribution < -0.4 is 10.1 Å². The number of ether oxygens (including phenoxy) is 1. The molecule has 3 aromatic carbocycles. The lowest BCUT2D eigenvalue weighted by molar-refractivity contribution is -0.142. The first kappa shape index (κ1) is 27.0. The van der Waals surface area contributed by atoms with Crippen molar-refractivity contribution in [3.63, 3.8) is 0 Å². The average Bonchev–Trinajstić information content (AvgIpc) is 2.91. The van der Waals surface area contributed by atoms with Crippen LogP contribution in [0.3, 0.4) is 0 Å². The molecule has 0 aliphatic carbocycles. The van der Waals surface area contributed by atoms with Gasteiger partial charge in [-0.1, -0.05) is 92.6 Å². The van der Waals surface area contributed by atoms with Gasteiger partial charge in [0, 0.05) is 19.5 Å². The molecule has 0 saturated carbocycles. The highest BCUT2D eigenvalue weighted by Crippen LogP contribution is 2.17. The third-order valence-electron chi connectivity index (χ3n) is 6.27. The molecule has 1 unspecified atom stereocenters. The summed E-state index contributed by atoms with van der Waals surface area (Å²) >= 11 is 0. The number of aryl methyl sites for hydroxylation is 2. The normalized spacial score (nSPS) is 11.5. The summed E-state index contributed by atoms with van der Waals surface area (Å²) in [6, 6.07) is 25.0. The van der Waals surface area contributed by atoms with Crippen molar-refractivity contribution in [3.8, 4) is 5.75 Å². The predicted molar refractivity (Wildman–Crippen MR) is 145 cm³/mol. The molecular weight excluding hydrogens is 448 g/mol. The van der Waals surface area contributed by atoms with E-state index >= 15 is 0 Å². The van der Waals surface area contributed by atoms with Gasteiger partial charge in [-0.15, -0.1) is 0 Å². The molecular formula is C31H38N2O3. The first-order valence-corrected chi connectivity index (χ1v) is 12.9. The fourth-order valence-electron chi connectivity index (χ4n) is 4.00. The van der Waals surface area contributed by atoms with Crippen LogP contribution in [0.2, 0.25) is 0 Å². The molecule has 5 nitrogen and oxygen atoms in total. The Balaban J connectivity index is 1.85. The Morgan fingerprint density at radius 3 is 2.17 bits per heavy atom. The number of carbonyl (C=O) groups excluding carboxylic acids is 2. The fraction of sp³-hybridized carbons (Fsp3) is 0.355. The summed E-state index contributed by atoms with van der Waals surface area (Å²) < 4.78 is 5.86. The molecule has 0 bridgehead atoms. The van der Waals surface area contributed by atoms with E-state index in [0.29, 0.717) is 25.3 Å². The van der Waals surface area contributed by atoms with Crippen LogP contribution in [0.4, 0.5) is 0 Å². The highest BCUT2D eigenvalue weighted by Gasteiger charge is 2.30. The highest BCUT2D eigenvalue weighted by atomic mass is 16.5. The molecule has 0 fully saturated rings. The minimum absolute atomic E-state index is 0.134. The number of unbranched alkanes of at least 4 members (excludes halogenated alkanes) is 1. The van der Waals surface area contributed by atoms with Gasteiger partial charge in [-0.2, -0.15) is 0 Å². The zero-order valence-corrected chi connectivity index (χ0v) is 21.7. The van der Waals surface area contributed by atoms with E-state index in [1.165, 1.54) is 5.56 Å². The number of nitrogens with zero attached hydrogens (tertiary/aromatic N) is 1. The molecule has 3 rings (SSSR count). The monoisotopic (exact) mass is 486 g/mol. The van der Waals surface area contributed by atoms with Crippen LogP contribution in [-0.4, -0.2) is 35.9 Å².